The van der Waals surface area contributed by atoms with E-state index >= 15 is 0 Å². The summed E-state index contributed by atoms with van der Waals surface area (Å²) in [6.07, 6.45) is 5.79. The van der Waals surface area contributed by atoms with E-state index in [1.807, 2.05) is 6.92 Å². The quantitative estimate of drug-likeness (QED) is 0.709. The standard InChI is InChI=1S/C17H24O2/c1-3-7-16(17(18)19-4-2)15-11-6-10-14(12-15)13-8-5-9-13/h6,10-13,16H,3-5,7-9H2,1-2H3. The molecular weight excluding hydrogens is 236 g/mol. The molecule has 1 aliphatic carbocycles. The minimum atomic E-state index is -0.0926. The molecule has 0 aliphatic heterocycles. The average Bonchev–Trinajstić information content (AvgIpc) is 2.34. The van der Waals surface area contributed by atoms with Crippen LogP contribution in [0.5, 0.6) is 0 Å². The predicted octanol–water partition coefficient (Wildman–Crippen LogP) is 4.40. The molecule has 1 fully saturated rings. The van der Waals surface area contributed by atoms with Gasteiger partial charge in [-0.15, -0.1) is 0 Å². The average molecular weight is 260 g/mol. The Kier molecular flexibility index (Phi) is 5.00. The maximum atomic E-state index is 12.1. The first-order chi connectivity index (χ1) is 9.26. The van der Waals surface area contributed by atoms with Crippen molar-refractivity contribution in [3.8, 4) is 0 Å². The van der Waals surface area contributed by atoms with Crippen LogP contribution in [0.2, 0.25) is 0 Å². The maximum absolute atomic E-state index is 12.1. The molecule has 2 nitrogen and oxygen atoms in total. The Morgan fingerprint density at radius 2 is 2.16 bits per heavy atom. The second kappa shape index (κ2) is 6.74. The van der Waals surface area contributed by atoms with Crippen molar-refractivity contribution in [2.45, 2.75) is 57.8 Å². The molecule has 1 atom stereocenters. The lowest BCUT2D eigenvalue weighted by Gasteiger charge is -2.26. The summed E-state index contributed by atoms with van der Waals surface area (Å²) >= 11 is 0. The molecule has 0 heterocycles. The van der Waals surface area contributed by atoms with Gasteiger partial charge in [0.25, 0.3) is 0 Å². The van der Waals surface area contributed by atoms with Crippen molar-refractivity contribution in [3.05, 3.63) is 35.4 Å². The Morgan fingerprint density at radius 3 is 2.74 bits per heavy atom. The van der Waals surface area contributed by atoms with Crippen LogP contribution in [0.3, 0.4) is 0 Å². The highest BCUT2D eigenvalue weighted by Gasteiger charge is 2.24. The molecule has 104 valence electrons. The van der Waals surface area contributed by atoms with Gasteiger partial charge in [0, 0.05) is 0 Å². The maximum Gasteiger partial charge on any atom is 0.313 e. The molecule has 0 saturated heterocycles. The van der Waals surface area contributed by atoms with Gasteiger partial charge in [-0.05, 0) is 43.2 Å². The predicted molar refractivity (Wildman–Crippen MR) is 77.3 cm³/mol. The first-order valence-corrected chi connectivity index (χ1v) is 7.52. The molecule has 0 radical (unpaired) electrons. The number of ether oxygens (including phenoxy) is 1. The first kappa shape index (κ1) is 14.1. The van der Waals surface area contributed by atoms with Gasteiger partial charge in [0.1, 0.15) is 0 Å². The molecule has 19 heavy (non-hydrogen) atoms. The Hall–Kier alpha value is -1.31. The summed E-state index contributed by atoms with van der Waals surface area (Å²) in [5.41, 5.74) is 2.53. The lowest BCUT2D eigenvalue weighted by Crippen LogP contribution is -2.17. The van der Waals surface area contributed by atoms with Gasteiger partial charge in [-0.25, -0.2) is 0 Å². The van der Waals surface area contributed by atoms with Gasteiger partial charge in [-0.3, -0.25) is 4.79 Å². The summed E-state index contributed by atoms with van der Waals surface area (Å²) in [5.74, 6) is 0.546. The van der Waals surface area contributed by atoms with Gasteiger partial charge in [-0.1, -0.05) is 44.0 Å². The van der Waals surface area contributed by atoms with Crippen LogP contribution in [-0.2, 0) is 9.53 Å². The zero-order valence-corrected chi connectivity index (χ0v) is 12.0. The minimum Gasteiger partial charge on any atom is -0.466 e. The van der Waals surface area contributed by atoms with E-state index in [0.717, 1.165) is 18.4 Å². The summed E-state index contributed by atoms with van der Waals surface area (Å²) in [5, 5.41) is 0. The fourth-order valence-electron chi connectivity index (χ4n) is 2.72. The van der Waals surface area contributed by atoms with E-state index < -0.39 is 0 Å². The smallest absolute Gasteiger partial charge is 0.313 e. The van der Waals surface area contributed by atoms with E-state index in [1.54, 1.807) is 0 Å². The highest BCUT2D eigenvalue weighted by Crippen LogP contribution is 2.37. The summed E-state index contributed by atoms with van der Waals surface area (Å²) in [6, 6.07) is 8.58. The van der Waals surface area contributed by atoms with Crippen molar-refractivity contribution in [1.82, 2.24) is 0 Å². The molecule has 1 unspecified atom stereocenters. The normalized spacial score (nSPS) is 16.7. The number of carbonyl (C=O) groups is 1. The third kappa shape index (κ3) is 3.37. The van der Waals surface area contributed by atoms with E-state index in [2.05, 4.69) is 31.2 Å². The number of rotatable bonds is 6. The molecule has 1 aliphatic rings. The van der Waals surface area contributed by atoms with E-state index in [-0.39, 0.29) is 11.9 Å². The molecule has 1 aromatic rings. The summed E-state index contributed by atoms with van der Waals surface area (Å²) < 4.78 is 5.21. The molecular formula is C17H24O2. The Morgan fingerprint density at radius 1 is 1.37 bits per heavy atom. The Balaban J connectivity index is 2.17. The van der Waals surface area contributed by atoms with Crippen LogP contribution >= 0.6 is 0 Å². The van der Waals surface area contributed by atoms with Gasteiger partial charge >= 0.3 is 5.97 Å². The van der Waals surface area contributed by atoms with Crippen LogP contribution in [0.4, 0.5) is 0 Å². The molecule has 0 spiro atoms. The first-order valence-electron chi connectivity index (χ1n) is 7.52. The molecule has 0 aromatic heterocycles. The van der Waals surface area contributed by atoms with Crippen LogP contribution in [0.15, 0.2) is 24.3 Å². The van der Waals surface area contributed by atoms with Gasteiger partial charge in [0.15, 0.2) is 0 Å². The highest BCUT2D eigenvalue weighted by atomic mass is 16.5. The van der Waals surface area contributed by atoms with Gasteiger partial charge in [0.05, 0.1) is 12.5 Å². The van der Waals surface area contributed by atoms with E-state index in [9.17, 15) is 4.79 Å². The fraction of sp³-hybridized carbons (Fsp3) is 0.588. The van der Waals surface area contributed by atoms with Crippen molar-refractivity contribution >= 4 is 5.97 Å². The summed E-state index contributed by atoms with van der Waals surface area (Å²) in [7, 11) is 0. The lowest BCUT2D eigenvalue weighted by molar-refractivity contribution is -0.145. The van der Waals surface area contributed by atoms with Crippen LogP contribution in [0, 0.1) is 0 Å². The van der Waals surface area contributed by atoms with Gasteiger partial charge in [-0.2, -0.15) is 0 Å². The number of hydrogen-bond donors (Lipinski definition) is 0. The second-order valence-corrected chi connectivity index (χ2v) is 5.39. The molecule has 1 aromatic carbocycles. The third-order valence-corrected chi connectivity index (χ3v) is 4.04. The topological polar surface area (TPSA) is 26.3 Å². The molecule has 2 rings (SSSR count). The zero-order chi connectivity index (χ0) is 13.7. The van der Waals surface area contributed by atoms with E-state index in [4.69, 9.17) is 4.74 Å². The number of esters is 1. The molecule has 0 bridgehead atoms. The molecule has 0 amide bonds. The molecule has 0 N–H and O–H groups in total. The van der Waals surface area contributed by atoms with Gasteiger partial charge in [0.2, 0.25) is 0 Å². The van der Waals surface area contributed by atoms with Crippen LogP contribution in [0.25, 0.3) is 0 Å². The summed E-state index contributed by atoms with van der Waals surface area (Å²) in [4.78, 5) is 12.1. The van der Waals surface area contributed by atoms with Crippen molar-refractivity contribution < 1.29 is 9.53 Å². The van der Waals surface area contributed by atoms with Crippen molar-refractivity contribution in [2.75, 3.05) is 6.61 Å². The van der Waals surface area contributed by atoms with Gasteiger partial charge < -0.3 is 4.74 Å². The van der Waals surface area contributed by atoms with E-state index in [0.29, 0.717) is 12.5 Å². The Bertz CT molecular complexity index is 421. The molecule has 1 saturated carbocycles. The van der Waals surface area contributed by atoms with Crippen LogP contribution < -0.4 is 0 Å². The number of hydrogen-bond acceptors (Lipinski definition) is 2. The Labute approximate surface area is 116 Å². The highest BCUT2D eigenvalue weighted by molar-refractivity contribution is 5.78. The van der Waals surface area contributed by atoms with Crippen molar-refractivity contribution in [3.63, 3.8) is 0 Å². The van der Waals surface area contributed by atoms with Crippen molar-refractivity contribution in [1.29, 1.82) is 0 Å². The summed E-state index contributed by atoms with van der Waals surface area (Å²) in [6.45, 7) is 4.44. The lowest BCUT2D eigenvalue weighted by atomic mass is 9.79. The molecule has 2 heteroatoms. The fourth-order valence-corrected chi connectivity index (χ4v) is 2.72. The number of carbonyl (C=O) groups excluding carboxylic acids is 1. The monoisotopic (exact) mass is 260 g/mol. The minimum absolute atomic E-state index is 0.0740. The number of benzene rings is 1. The third-order valence-electron chi connectivity index (χ3n) is 4.04. The van der Waals surface area contributed by atoms with E-state index in [1.165, 1.54) is 24.8 Å². The van der Waals surface area contributed by atoms with Crippen molar-refractivity contribution in [2.24, 2.45) is 0 Å². The van der Waals surface area contributed by atoms with Crippen LogP contribution in [0.1, 0.15) is 68.9 Å². The largest absolute Gasteiger partial charge is 0.466 e. The van der Waals surface area contributed by atoms with Crippen LogP contribution in [-0.4, -0.2) is 12.6 Å². The SMILES string of the molecule is CCCC(C(=O)OCC)c1cccc(C2CCC2)c1. The zero-order valence-electron chi connectivity index (χ0n) is 12.0. The second-order valence-electron chi connectivity index (χ2n) is 5.39.